The van der Waals surface area contributed by atoms with E-state index in [1.54, 1.807) is 6.07 Å². The molecular weight excluding hydrogens is 270 g/mol. The van der Waals surface area contributed by atoms with Gasteiger partial charge >= 0.3 is 5.97 Å². The Morgan fingerprint density at radius 3 is 2.63 bits per heavy atom. The molecule has 0 aliphatic heterocycles. The number of ether oxygens (including phenoxy) is 1. The van der Waals surface area contributed by atoms with Gasteiger partial charge in [0.25, 0.3) is 0 Å². The number of hydrogen-bond donors (Lipinski definition) is 1. The predicted octanol–water partition coefficient (Wildman–Crippen LogP) is 0.404. The summed E-state index contributed by atoms with van der Waals surface area (Å²) in [7, 11) is -2.69. The van der Waals surface area contributed by atoms with Crippen molar-refractivity contribution in [1.82, 2.24) is 4.31 Å². The smallest absolute Gasteiger partial charge is 0.318 e. The van der Waals surface area contributed by atoms with E-state index in [0.29, 0.717) is 4.31 Å². The van der Waals surface area contributed by atoms with E-state index in [-0.39, 0.29) is 17.2 Å². The third-order valence-corrected chi connectivity index (χ3v) is 4.10. The Morgan fingerprint density at radius 1 is 1.47 bits per heavy atom. The Balaban J connectivity index is 3.27. The fourth-order valence-corrected chi connectivity index (χ4v) is 2.91. The van der Waals surface area contributed by atoms with E-state index >= 15 is 0 Å². The van der Waals surface area contributed by atoms with Gasteiger partial charge in [-0.3, -0.25) is 4.79 Å². The molecule has 0 aromatic heterocycles. The zero-order valence-corrected chi connectivity index (χ0v) is 11.1. The highest BCUT2D eigenvalue weighted by Gasteiger charge is 2.28. The van der Waals surface area contributed by atoms with Crippen molar-refractivity contribution >= 4 is 16.0 Å². The molecule has 0 bridgehead atoms. The number of aliphatic carboxylic acids is 1. The summed E-state index contributed by atoms with van der Waals surface area (Å²) in [6.45, 7) is -1.03. The molecule has 0 radical (unpaired) electrons. The van der Waals surface area contributed by atoms with Crippen molar-refractivity contribution < 1.29 is 23.1 Å². The second kappa shape index (κ2) is 6.22. The first kappa shape index (κ1) is 15.0. The normalized spacial score (nSPS) is 11.0. The van der Waals surface area contributed by atoms with Crippen molar-refractivity contribution in [2.75, 3.05) is 20.2 Å². The maximum Gasteiger partial charge on any atom is 0.318 e. The highest BCUT2D eigenvalue weighted by atomic mass is 32.2. The van der Waals surface area contributed by atoms with Crippen LogP contribution in [0.4, 0.5) is 0 Å². The zero-order chi connectivity index (χ0) is 14.5. The molecule has 0 fully saturated rings. The summed E-state index contributed by atoms with van der Waals surface area (Å²) < 4.78 is 30.3. The maximum atomic E-state index is 12.3. The number of benzene rings is 1. The van der Waals surface area contributed by atoms with Gasteiger partial charge in [0.1, 0.15) is 17.2 Å². The lowest BCUT2D eigenvalue weighted by molar-refractivity contribution is -0.137. The molecule has 0 heterocycles. The van der Waals surface area contributed by atoms with E-state index in [0.717, 1.165) is 0 Å². The Morgan fingerprint density at radius 2 is 2.11 bits per heavy atom. The molecule has 0 saturated heterocycles. The van der Waals surface area contributed by atoms with Crippen LogP contribution in [0.1, 0.15) is 0 Å². The van der Waals surface area contributed by atoms with Crippen LogP contribution in [-0.2, 0) is 14.8 Å². The molecule has 0 saturated carbocycles. The minimum atomic E-state index is -4.02. The Kier molecular flexibility index (Phi) is 4.92. The summed E-state index contributed by atoms with van der Waals surface area (Å²) in [5.41, 5.74) is 0. The minimum Gasteiger partial charge on any atom is -0.495 e. The standard InChI is InChI=1S/C12H13NO5S/c1-3-8-13(9-12(14)15)19(16,17)11-7-5-4-6-10(11)18-2/h1,4-7H,8-9H2,2H3,(H,14,15). The number of carboxylic acids is 1. The van der Waals surface area contributed by atoms with Crippen molar-refractivity contribution in [3.05, 3.63) is 24.3 Å². The van der Waals surface area contributed by atoms with Crippen LogP contribution in [0.2, 0.25) is 0 Å². The highest BCUT2D eigenvalue weighted by molar-refractivity contribution is 7.89. The average Bonchev–Trinajstić information content (AvgIpc) is 2.37. The minimum absolute atomic E-state index is 0.117. The SMILES string of the molecule is C#CCN(CC(=O)O)S(=O)(=O)c1ccccc1OC. The van der Waals surface area contributed by atoms with E-state index in [1.165, 1.54) is 25.3 Å². The molecule has 0 spiro atoms. The second-order valence-electron chi connectivity index (χ2n) is 3.52. The van der Waals surface area contributed by atoms with Gasteiger partial charge in [0.15, 0.2) is 0 Å². The Hall–Kier alpha value is -2.04. The summed E-state index contributed by atoms with van der Waals surface area (Å²) in [6, 6.07) is 5.94. The van der Waals surface area contributed by atoms with Gasteiger partial charge in [0.2, 0.25) is 10.0 Å². The first-order valence-corrected chi connectivity index (χ1v) is 6.66. The summed E-state index contributed by atoms with van der Waals surface area (Å²) in [5, 5.41) is 8.74. The average molecular weight is 283 g/mol. The molecule has 0 aliphatic rings. The molecular formula is C12H13NO5S. The molecule has 6 nitrogen and oxygen atoms in total. The molecule has 0 aliphatic carbocycles. The predicted molar refractivity (Wildman–Crippen MR) is 68.2 cm³/mol. The van der Waals surface area contributed by atoms with Crippen LogP contribution in [0.25, 0.3) is 0 Å². The molecule has 0 atom stereocenters. The van der Waals surface area contributed by atoms with Crippen LogP contribution < -0.4 is 4.74 Å². The quantitative estimate of drug-likeness (QED) is 0.764. The molecule has 0 amide bonds. The lowest BCUT2D eigenvalue weighted by Gasteiger charge is -2.19. The third kappa shape index (κ3) is 3.47. The molecule has 1 aromatic rings. The summed E-state index contributed by atoms with van der Waals surface area (Å²) in [6.07, 6.45) is 5.07. The maximum absolute atomic E-state index is 12.3. The highest BCUT2D eigenvalue weighted by Crippen LogP contribution is 2.25. The van der Waals surface area contributed by atoms with Crippen LogP contribution in [-0.4, -0.2) is 44.0 Å². The number of terminal acetylenes is 1. The number of methoxy groups -OCH3 is 1. The van der Waals surface area contributed by atoms with E-state index in [1.807, 2.05) is 0 Å². The molecule has 19 heavy (non-hydrogen) atoms. The number of carboxylic acid groups (broad SMARTS) is 1. The van der Waals surface area contributed by atoms with Crippen molar-refractivity contribution in [3.63, 3.8) is 0 Å². The van der Waals surface area contributed by atoms with Gasteiger partial charge in [0.05, 0.1) is 13.7 Å². The van der Waals surface area contributed by atoms with Crippen LogP contribution in [0.5, 0.6) is 5.75 Å². The van der Waals surface area contributed by atoms with Crippen LogP contribution >= 0.6 is 0 Å². The summed E-state index contributed by atoms with van der Waals surface area (Å²) in [4.78, 5) is 10.6. The zero-order valence-electron chi connectivity index (χ0n) is 10.2. The molecule has 1 aromatic carbocycles. The van der Waals surface area contributed by atoms with E-state index in [9.17, 15) is 13.2 Å². The lowest BCUT2D eigenvalue weighted by atomic mass is 10.3. The Bertz CT molecular complexity index is 603. The van der Waals surface area contributed by atoms with Gasteiger partial charge in [-0.25, -0.2) is 8.42 Å². The lowest BCUT2D eigenvalue weighted by Crippen LogP contribution is -2.36. The first-order chi connectivity index (χ1) is 8.93. The fraction of sp³-hybridized carbons (Fsp3) is 0.250. The number of para-hydroxylation sites is 1. The van der Waals surface area contributed by atoms with Crippen molar-refractivity contribution in [3.8, 4) is 18.1 Å². The number of hydrogen-bond acceptors (Lipinski definition) is 4. The summed E-state index contributed by atoms with van der Waals surface area (Å²) >= 11 is 0. The van der Waals surface area contributed by atoms with Gasteiger partial charge in [-0.15, -0.1) is 6.42 Å². The topological polar surface area (TPSA) is 83.9 Å². The largest absolute Gasteiger partial charge is 0.495 e. The van der Waals surface area contributed by atoms with E-state index < -0.39 is 22.5 Å². The van der Waals surface area contributed by atoms with Gasteiger partial charge < -0.3 is 9.84 Å². The van der Waals surface area contributed by atoms with Gasteiger partial charge in [-0.05, 0) is 12.1 Å². The second-order valence-corrected chi connectivity index (χ2v) is 5.43. The molecule has 102 valence electrons. The monoisotopic (exact) mass is 283 g/mol. The number of carbonyl (C=O) groups is 1. The van der Waals surface area contributed by atoms with Gasteiger partial charge in [-0.2, -0.15) is 4.31 Å². The van der Waals surface area contributed by atoms with Crippen molar-refractivity contribution in [1.29, 1.82) is 0 Å². The van der Waals surface area contributed by atoms with Crippen LogP contribution in [0, 0.1) is 12.3 Å². The molecule has 7 heteroatoms. The number of nitrogens with zero attached hydrogens (tertiary/aromatic N) is 1. The van der Waals surface area contributed by atoms with E-state index in [2.05, 4.69) is 5.92 Å². The number of rotatable bonds is 6. The van der Waals surface area contributed by atoms with Crippen molar-refractivity contribution in [2.24, 2.45) is 0 Å². The fourth-order valence-electron chi connectivity index (χ4n) is 1.45. The molecule has 0 unspecified atom stereocenters. The third-order valence-electron chi connectivity index (χ3n) is 2.27. The van der Waals surface area contributed by atoms with Crippen LogP contribution in [0.3, 0.4) is 0 Å². The first-order valence-electron chi connectivity index (χ1n) is 5.22. The van der Waals surface area contributed by atoms with Gasteiger partial charge in [-0.1, -0.05) is 18.1 Å². The Labute approximate surface area is 111 Å². The summed E-state index contributed by atoms with van der Waals surface area (Å²) in [5.74, 6) is 0.980. The van der Waals surface area contributed by atoms with E-state index in [4.69, 9.17) is 16.3 Å². The van der Waals surface area contributed by atoms with Crippen LogP contribution in [0.15, 0.2) is 29.2 Å². The number of sulfonamides is 1. The molecule has 1 N–H and O–H groups in total. The van der Waals surface area contributed by atoms with Gasteiger partial charge in [0, 0.05) is 0 Å². The van der Waals surface area contributed by atoms with Crippen molar-refractivity contribution in [2.45, 2.75) is 4.90 Å². The molecule has 1 rings (SSSR count).